The van der Waals surface area contributed by atoms with Crippen LogP contribution in [0.4, 0.5) is 0 Å². The maximum atomic E-state index is 12.3. The second-order valence-corrected chi connectivity index (χ2v) is 8.13. The van der Waals surface area contributed by atoms with Gasteiger partial charge in [-0.1, -0.05) is 78.1 Å². The molecule has 0 spiro atoms. The number of hydrogen-bond donors (Lipinski definition) is 0. The van der Waals surface area contributed by atoms with Crippen molar-refractivity contribution in [1.29, 1.82) is 0 Å². The largest absolute Gasteiger partial charge is 0.464 e. The van der Waals surface area contributed by atoms with Crippen molar-refractivity contribution in [2.75, 3.05) is 13.2 Å². The standard InChI is InChI=1S/C24H44O6/c1-5-9-10-11-12-13-14-15-16-17-18-19-24(6-2)29-20(22(25)27-7-3)21(30-24)23(26)28-8-4/h20-21H,5-19H2,1-4H3/t20-,21-/m1/s1. The van der Waals surface area contributed by atoms with Gasteiger partial charge in [-0.3, -0.25) is 0 Å². The molecule has 30 heavy (non-hydrogen) atoms. The molecule has 0 unspecified atom stereocenters. The third-order valence-electron chi connectivity index (χ3n) is 5.70. The number of carbonyl (C=O) groups excluding carboxylic acids is 2. The SMILES string of the molecule is CCCCCCCCCCCCCC1(CC)O[C@@H](C(=O)OCC)[C@H](C(=O)OCC)O1. The van der Waals surface area contributed by atoms with Crippen LogP contribution in [0.15, 0.2) is 0 Å². The highest BCUT2D eigenvalue weighted by Gasteiger charge is 2.53. The van der Waals surface area contributed by atoms with E-state index >= 15 is 0 Å². The first-order valence-corrected chi connectivity index (χ1v) is 12.2. The number of unbranched alkanes of at least 4 members (excludes halogenated alkanes) is 10. The zero-order valence-corrected chi connectivity index (χ0v) is 19.7. The molecule has 1 heterocycles. The van der Waals surface area contributed by atoms with Crippen molar-refractivity contribution >= 4 is 11.9 Å². The minimum absolute atomic E-state index is 0.228. The first-order valence-electron chi connectivity index (χ1n) is 12.2. The van der Waals surface area contributed by atoms with Gasteiger partial charge in [0.25, 0.3) is 0 Å². The van der Waals surface area contributed by atoms with Gasteiger partial charge in [-0.25, -0.2) is 9.59 Å². The van der Waals surface area contributed by atoms with Crippen LogP contribution in [0.1, 0.15) is 111 Å². The Hall–Kier alpha value is -1.14. The summed E-state index contributed by atoms with van der Waals surface area (Å²) in [5.74, 6) is -2.05. The maximum Gasteiger partial charge on any atom is 0.338 e. The van der Waals surface area contributed by atoms with E-state index in [9.17, 15) is 9.59 Å². The van der Waals surface area contributed by atoms with Gasteiger partial charge in [0.2, 0.25) is 0 Å². The first kappa shape index (κ1) is 26.9. The molecule has 1 saturated heterocycles. The Bertz CT molecular complexity index is 452. The van der Waals surface area contributed by atoms with Crippen LogP contribution in [0.3, 0.4) is 0 Å². The van der Waals surface area contributed by atoms with Gasteiger partial charge in [0, 0.05) is 6.42 Å². The zero-order chi connectivity index (χ0) is 22.2. The molecule has 0 radical (unpaired) electrons. The zero-order valence-electron chi connectivity index (χ0n) is 19.7. The third-order valence-corrected chi connectivity index (χ3v) is 5.70. The molecule has 1 aliphatic rings. The van der Waals surface area contributed by atoms with Crippen molar-refractivity contribution in [2.24, 2.45) is 0 Å². The number of carbonyl (C=O) groups is 2. The van der Waals surface area contributed by atoms with Crippen LogP contribution in [0, 0.1) is 0 Å². The fourth-order valence-corrected chi connectivity index (χ4v) is 3.93. The lowest BCUT2D eigenvalue weighted by Gasteiger charge is -2.26. The summed E-state index contributed by atoms with van der Waals surface area (Å²) in [7, 11) is 0. The molecule has 0 amide bonds. The van der Waals surface area contributed by atoms with Gasteiger partial charge in [0.1, 0.15) is 0 Å². The lowest BCUT2D eigenvalue weighted by Crippen LogP contribution is -2.39. The van der Waals surface area contributed by atoms with Gasteiger partial charge in [-0.2, -0.15) is 0 Å². The Morgan fingerprint density at radius 3 is 1.43 bits per heavy atom. The number of hydrogen-bond acceptors (Lipinski definition) is 6. The van der Waals surface area contributed by atoms with Gasteiger partial charge in [0.05, 0.1) is 13.2 Å². The van der Waals surface area contributed by atoms with Crippen LogP contribution in [0.5, 0.6) is 0 Å². The summed E-state index contributed by atoms with van der Waals surface area (Å²) in [5.41, 5.74) is 0. The molecule has 1 aliphatic heterocycles. The average molecular weight is 429 g/mol. The molecule has 6 nitrogen and oxygen atoms in total. The first-order chi connectivity index (χ1) is 14.5. The highest BCUT2D eigenvalue weighted by Crippen LogP contribution is 2.37. The fourth-order valence-electron chi connectivity index (χ4n) is 3.93. The summed E-state index contributed by atoms with van der Waals surface area (Å²) in [4.78, 5) is 24.6. The summed E-state index contributed by atoms with van der Waals surface area (Å²) in [6.45, 7) is 8.11. The number of esters is 2. The van der Waals surface area contributed by atoms with Crippen LogP contribution >= 0.6 is 0 Å². The molecule has 0 N–H and O–H groups in total. The molecule has 0 aromatic rings. The summed E-state index contributed by atoms with van der Waals surface area (Å²) >= 11 is 0. The van der Waals surface area contributed by atoms with Gasteiger partial charge in [-0.15, -0.1) is 0 Å². The van der Waals surface area contributed by atoms with Crippen LogP contribution in [-0.4, -0.2) is 43.1 Å². The molecule has 6 heteroatoms. The van der Waals surface area contributed by atoms with E-state index < -0.39 is 29.9 Å². The number of rotatable bonds is 17. The van der Waals surface area contributed by atoms with Gasteiger partial charge in [-0.05, 0) is 26.7 Å². The predicted molar refractivity (Wildman–Crippen MR) is 117 cm³/mol. The van der Waals surface area contributed by atoms with E-state index in [0.717, 1.165) is 12.8 Å². The minimum Gasteiger partial charge on any atom is -0.464 e. The van der Waals surface area contributed by atoms with Crippen molar-refractivity contribution in [3.63, 3.8) is 0 Å². The van der Waals surface area contributed by atoms with Gasteiger partial charge in [0.15, 0.2) is 18.0 Å². The topological polar surface area (TPSA) is 71.1 Å². The second-order valence-electron chi connectivity index (χ2n) is 8.13. The molecule has 0 bridgehead atoms. The van der Waals surface area contributed by atoms with Crippen molar-refractivity contribution in [2.45, 2.75) is 129 Å². The quantitative estimate of drug-likeness (QED) is 0.218. The molecule has 1 fully saturated rings. The van der Waals surface area contributed by atoms with Crippen molar-refractivity contribution in [1.82, 2.24) is 0 Å². The van der Waals surface area contributed by atoms with Gasteiger partial charge >= 0.3 is 11.9 Å². The normalized spacial score (nSPS) is 20.3. The monoisotopic (exact) mass is 428 g/mol. The molecular weight excluding hydrogens is 384 g/mol. The highest BCUT2D eigenvalue weighted by molar-refractivity contribution is 5.86. The molecule has 0 saturated carbocycles. The molecule has 0 aromatic heterocycles. The predicted octanol–water partition coefficient (Wildman–Crippen LogP) is 5.70. The van der Waals surface area contributed by atoms with Crippen LogP contribution in [-0.2, 0) is 28.5 Å². The lowest BCUT2D eigenvalue weighted by atomic mass is 10.0. The van der Waals surface area contributed by atoms with E-state index in [1.807, 2.05) is 6.92 Å². The summed E-state index contributed by atoms with van der Waals surface area (Å²) < 4.78 is 22.1. The smallest absolute Gasteiger partial charge is 0.338 e. The Balaban J connectivity index is 2.39. The average Bonchev–Trinajstić information content (AvgIpc) is 3.13. The molecule has 176 valence electrons. The molecule has 1 rings (SSSR count). The summed E-state index contributed by atoms with van der Waals surface area (Å²) in [6.07, 6.45) is 13.0. The highest BCUT2D eigenvalue weighted by atomic mass is 16.8. The Kier molecular flexibility index (Phi) is 14.0. The lowest BCUT2D eigenvalue weighted by molar-refractivity contribution is -0.194. The Labute approximate surface area is 183 Å². The van der Waals surface area contributed by atoms with Crippen LogP contribution in [0.2, 0.25) is 0 Å². The van der Waals surface area contributed by atoms with Crippen LogP contribution < -0.4 is 0 Å². The van der Waals surface area contributed by atoms with Gasteiger partial charge < -0.3 is 18.9 Å². The third kappa shape index (κ3) is 9.34. The fraction of sp³-hybridized carbons (Fsp3) is 0.917. The summed E-state index contributed by atoms with van der Waals surface area (Å²) in [6, 6.07) is 0. The van der Waals surface area contributed by atoms with Crippen LogP contribution in [0.25, 0.3) is 0 Å². The van der Waals surface area contributed by atoms with Crippen molar-refractivity contribution in [3.05, 3.63) is 0 Å². The number of ether oxygens (including phenoxy) is 4. The Morgan fingerprint density at radius 1 is 0.667 bits per heavy atom. The molecule has 2 atom stereocenters. The maximum absolute atomic E-state index is 12.3. The van der Waals surface area contributed by atoms with E-state index in [1.54, 1.807) is 13.8 Å². The van der Waals surface area contributed by atoms with E-state index in [1.165, 1.54) is 57.8 Å². The molecule has 0 aromatic carbocycles. The minimum atomic E-state index is -1.06. The molecular formula is C24H44O6. The Morgan fingerprint density at radius 2 is 1.07 bits per heavy atom. The second kappa shape index (κ2) is 15.6. The summed E-state index contributed by atoms with van der Waals surface area (Å²) in [5, 5.41) is 0. The van der Waals surface area contributed by atoms with Crippen molar-refractivity contribution < 1.29 is 28.5 Å². The molecule has 0 aliphatic carbocycles. The van der Waals surface area contributed by atoms with Crippen molar-refractivity contribution in [3.8, 4) is 0 Å². The van der Waals surface area contributed by atoms with E-state index in [4.69, 9.17) is 18.9 Å². The van der Waals surface area contributed by atoms with E-state index in [-0.39, 0.29) is 13.2 Å². The van der Waals surface area contributed by atoms with E-state index in [0.29, 0.717) is 12.8 Å². The van der Waals surface area contributed by atoms with E-state index in [2.05, 4.69) is 6.92 Å².